The maximum absolute atomic E-state index is 12.8. The van der Waals surface area contributed by atoms with Crippen LogP contribution in [0.3, 0.4) is 0 Å². The lowest BCUT2D eigenvalue weighted by molar-refractivity contribution is -0.145. The standard InChI is InChI=1S/C46H64N10O9/c1-7-18-53(4)27-62-25-39-43(37-15-16-40(28(2)48-37)64-34-13-9-12-32(21-34)44(57)58)50-52-56(39)24-31-19-33(45(59)60)22-35(20-31)65-41-17-14-36(47-29(41)3)42-38(55(6)51-49-42)26-63-46(61)54(5)23-30-10-8-11-30/h14-17,30-35H,7-13,18-27H2,1-6H3,(H,57,58)(H,59,60)/t31?,32-,33-,34-,35-/m0/s1. The van der Waals surface area contributed by atoms with Crippen molar-refractivity contribution in [2.45, 2.75) is 123 Å². The van der Waals surface area contributed by atoms with Gasteiger partial charge in [-0.3, -0.25) is 14.5 Å². The summed E-state index contributed by atoms with van der Waals surface area (Å²) in [4.78, 5) is 50.4. The fraction of sp³-hybridized carbons (Fsp3) is 0.630. The van der Waals surface area contributed by atoms with Crippen molar-refractivity contribution < 1.29 is 43.5 Å². The largest absolute Gasteiger partial charge is 0.489 e. The fourth-order valence-corrected chi connectivity index (χ4v) is 9.20. The van der Waals surface area contributed by atoms with E-state index in [4.69, 9.17) is 28.9 Å². The van der Waals surface area contributed by atoms with Gasteiger partial charge in [-0.15, -0.1) is 10.2 Å². The highest BCUT2D eigenvalue weighted by Gasteiger charge is 2.36. The summed E-state index contributed by atoms with van der Waals surface area (Å²) in [7, 11) is 5.49. The van der Waals surface area contributed by atoms with Crippen LogP contribution in [0.4, 0.5) is 4.79 Å². The molecule has 0 radical (unpaired) electrons. The summed E-state index contributed by atoms with van der Waals surface area (Å²) in [6.45, 7) is 8.32. The predicted molar refractivity (Wildman–Crippen MR) is 237 cm³/mol. The average Bonchev–Trinajstić information content (AvgIpc) is 3.84. The van der Waals surface area contributed by atoms with Crippen LogP contribution < -0.4 is 9.47 Å². The van der Waals surface area contributed by atoms with E-state index in [2.05, 4.69) is 32.4 Å². The molecule has 0 aliphatic heterocycles. The zero-order valence-corrected chi connectivity index (χ0v) is 38.5. The van der Waals surface area contributed by atoms with Gasteiger partial charge in [0.25, 0.3) is 0 Å². The maximum atomic E-state index is 12.8. The predicted octanol–water partition coefficient (Wildman–Crippen LogP) is 6.30. The number of aryl methyl sites for hydroxylation is 3. The molecule has 0 saturated heterocycles. The second-order valence-corrected chi connectivity index (χ2v) is 18.2. The Morgan fingerprint density at radius 1 is 0.754 bits per heavy atom. The minimum Gasteiger partial charge on any atom is -0.489 e. The van der Waals surface area contributed by atoms with Crippen LogP contribution in [0.1, 0.15) is 100 Å². The molecule has 4 heterocycles. The Bertz CT molecular complexity index is 2280. The number of pyridine rings is 2. The Hall–Kier alpha value is -5.69. The number of aliphatic carboxylic acids is 2. The molecule has 1 amide bonds. The molecule has 4 aromatic heterocycles. The second kappa shape index (κ2) is 21.5. The molecule has 19 heteroatoms. The van der Waals surface area contributed by atoms with Gasteiger partial charge in [0.1, 0.15) is 35.2 Å². The highest BCUT2D eigenvalue weighted by Crippen LogP contribution is 2.36. The number of nitrogens with zero attached hydrogens (tertiary/aromatic N) is 10. The zero-order valence-electron chi connectivity index (χ0n) is 38.5. The molecule has 3 saturated carbocycles. The van der Waals surface area contributed by atoms with Crippen LogP contribution in [0.5, 0.6) is 11.5 Å². The minimum atomic E-state index is -0.880. The number of carboxylic acid groups (broad SMARTS) is 2. The summed E-state index contributed by atoms with van der Waals surface area (Å²) in [6, 6.07) is 7.29. The third-order valence-electron chi connectivity index (χ3n) is 13.0. The lowest BCUT2D eigenvalue weighted by atomic mass is 9.79. The van der Waals surface area contributed by atoms with Gasteiger partial charge in [-0.2, -0.15) is 0 Å². The number of aromatic nitrogens is 8. The average molecular weight is 901 g/mol. The molecular weight excluding hydrogens is 837 g/mol. The number of hydrogen-bond acceptors (Lipinski definition) is 14. The van der Waals surface area contributed by atoms with E-state index in [-0.39, 0.29) is 25.2 Å². The monoisotopic (exact) mass is 900 g/mol. The molecule has 19 nitrogen and oxygen atoms in total. The van der Waals surface area contributed by atoms with E-state index in [0.717, 1.165) is 44.3 Å². The van der Waals surface area contributed by atoms with Gasteiger partial charge in [0.05, 0.1) is 65.9 Å². The van der Waals surface area contributed by atoms with Gasteiger partial charge in [-0.25, -0.2) is 24.1 Å². The highest BCUT2D eigenvalue weighted by molar-refractivity contribution is 5.70. The quantitative estimate of drug-likeness (QED) is 0.0929. The first-order chi connectivity index (χ1) is 31.3. The van der Waals surface area contributed by atoms with Gasteiger partial charge in [0.15, 0.2) is 0 Å². The lowest BCUT2D eigenvalue weighted by Gasteiger charge is -2.33. The minimum absolute atomic E-state index is 0.0155. The summed E-state index contributed by atoms with van der Waals surface area (Å²) < 4.78 is 28.1. The summed E-state index contributed by atoms with van der Waals surface area (Å²) in [5, 5.41) is 37.6. The first-order valence-electron chi connectivity index (χ1n) is 23.0. The lowest BCUT2D eigenvalue weighted by Crippen LogP contribution is -2.36. The Balaban J connectivity index is 1.05. The normalized spacial score (nSPS) is 21.2. The van der Waals surface area contributed by atoms with E-state index in [1.54, 1.807) is 34.4 Å². The first kappa shape index (κ1) is 47.3. The Labute approximate surface area is 379 Å². The molecule has 4 aromatic rings. The molecule has 7 rings (SSSR count). The Morgan fingerprint density at radius 2 is 1.38 bits per heavy atom. The molecule has 352 valence electrons. The molecule has 0 aromatic carbocycles. The van der Waals surface area contributed by atoms with Crippen molar-refractivity contribution >= 4 is 18.0 Å². The SMILES string of the molecule is CCCN(C)COCc1c(-c2ccc(O[C@H]3CCC[C@H](C(=O)O)C3)c(C)n2)nnn1CC1C[C@H](Oc2ccc(-c3nnn(C)c3COC(=O)N(C)CC3CCC3)nc2C)C[C@@H](C(=O)O)C1. The molecule has 0 spiro atoms. The summed E-state index contributed by atoms with van der Waals surface area (Å²) in [5.41, 5.74) is 4.76. The molecule has 2 N–H and O–H groups in total. The molecular formula is C46H64N10O9. The van der Waals surface area contributed by atoms with E-state index in [1.165, 1.54) is 6.42 Å². The van der Waals surface area contributed by atoms with Crippen molar-refractivity contribution in [3.8, 4) is 34.3 Å². The summed E-state index contributed by atoms with van der Waals surface area (Å²) >= 11 is 0. The number of amides is 1. The third-order valence-corrected chi connectivity index (χ3v) is 13.0. The number of carbonyl (C=O) groups excluding carboxylic acids is 1. The van der Waals surface area contributed by atoms with Crippen LogP contribution in [0.2, 0.25) is 0 Å². The van der Waals surface area contributed by atoms with Gasteiger partial charge < -0.3 is 34.1 Å². The van der Waals surface area contributed by atoms with E-state index in [9.17, 15) is 24.6 Å². The molecule has 3 aliphatic carbocycles. The second-order valence-electron chi connectivity index (χ2n) is 18.2. The van der Waals surface area contributed by atoms with Crippen molar-refractivity contribution in [2.24, 2.45) is 30.7 Å². The number of hydrogen-bond donors (Lipinski definition) is 2. The number of rotatable bonds is 20. The summed E-state index contributed by atoms with van der Waals surface area (Å²) in [5.74, 6) is -1.18. The number of carboxylic acids is 2. The van der Waals surface area contributed by atoms with Crippen molar-refractivity contribution in [1.29, 1.82) is 0 Å². The maximum Gasteiger partial charge on any atom is 0.409 e. The highest BCUT2D eigenvalue weighted by atomic mass is 16.6. The molecule has 0 bridgehead atoms. The van der Waals surface area contributed by atoms with E-state index < -0.39 is 36.0 Å². The van der Waals surface area contributed by atoms with Crippen molar-refractivity contribution in [1.82, 2.24) is 49.8 Å². The molecule has 65 heavy (non-hydrogen) atoms. The first-order valence-corrected chi connectivity index (χ1v) is 23.0. The zero-order chi connectivity index (χ0) is 46.2. The van der Waals surface area contributed by atoms with E-state index in [1.807, 2.05) is 39.1 Å². The van der Waals surface area contributed by atoms with Gasteiger partial charge in [-0.05, 0) is 128 Å². The van der Waals surface area contributed by atoms with E-state index >= 15 is 0 Å². The van der Waals surface area contributed by atoms with Gasteiger partial charge in [0.2, 0.25) is 0 Å². The summed E-state index contributed by atoms with van der Waals surface area (Å²) in [6.07, 6.45) is 7.47. The topological polar surface area (TPSA) is 222 Å². The smallest absolute Gasteiger partial charge is 0.409 e. The molecule has 3 aliphatic rings. The number of carbonyl (C=O) groups is 3. The van der Waals surface area contributed by atoms with Gasteiger partial charge in [0, 0.05) is 27.2 Å². The van der Waals surface area contributed by atoms with Gasteiger partial charge >= 0.3 is 18.0 Å². The Morgan fingerprint density at radius 3 is 2.02 bits per heavy atom. The fourth-order valence-electron chi connectivity index (χ4n) is 9.20. The van der Waals surface area contributed by atoms with Crippen LogP contribution in [-0.4, -0.2) is 124 Å². The third kappa shape index (κ3) is 12.0. The van der Waals surface area contributed by atoms with Crippen LogP contribution in [0.25, 0.3) is 22.8 Å². The van der Waals surface area contributed by atoms with Crippen LogP contribution in [0, 0.1) is 37.5 Å². The van der Waals surface area contributed by atoms with Crippen LogP contribution in [0.15, 0.2) is 24.3 Å². The van der Waals surface area contributed by atoms with Crippen molar-refractivity contribution in [2.75, 3.05) is 33.9 Å². The van der Waals surface area contributed by atoms with Crippen LogP contribution in [-0.2, 0) is 45.9 Å². The van der Waals surface area contributed by atoms with Crippen molar-refractivity contribution in [3.63, 3.8) is 0 Å². The molecule has 3 fully saturated rings. The Kier molecular flexibility index (Phi) is 15.7. The van der Waals surface area contributed by atoms with Crippen LogP contribution >= 0.6 is 0 Å². The number of ether oxygens (including phenoxy) is 4. The van der Waals surface area contributed by atoms with Crippen molar-refractivity contribution in [3.05, 3.63) is 47.0 Å². The van der Waals surface area contributed by atoms with Gasteiger partial charge in [-0.1, -0.05) is 23.8 Å². The molecule has 5 atom stereocenters. The molecule has 1 unspecified atom stereocenters. The van der Waals surface area contributed by atoms with E-state index in [0.29, 0.717) is 109 Å².